The molecule has 3 N–H and O–H groups in total. The average Bonchev–Trinajstić information content (AvgIpc) is 2.93. The van der Waals surface area contributed by atoms with Gasteiger partial charge in [-0.05, 0) is 24.1 Å². The van der Waals surface area contributed by atoms with E-state index in [1.54, 1.807) is 12.5 Å². The summed E-state index contributed by atoms with van der Waals surface area (Å²) < 4.78 is 10.9. The number of benzene rings is 1. The summed E-state index contributed by atoms with van der Waals surface area (Å²) in [7, 11) is 0. The van der Waals surface area contributed by atoms with E-state index >= 15 is 0 Å². The van der Waals surface area contributed by atoms with Gasteiger partial charge >= 0.3 is 0 Å². The van der Waals surface area contributed by atoms with E-state index in [1.807, 2.05) is 24.3 Å². The summed E-state index contributed by atoms with van der Waals surface area (Å²) >= 11 is 0. The zero-order chi connectivity index (χ0) is 12.4. The highest BCUT2D eigenvalue weighted by molar-refractivity contribution is 5.35. The summed E-state index contributed by atoms with van der Waals surface area (Å²) in [5.41, 5.74) is 5.16. The van der Waals surface area contributed by atoms with E-state index in [2.05, 4.69) is 11.5 Å². The first-order valence-electron chi connectivity index (χ1n) is 6.07. The van der Waals surface area contributed by atoms with Crippen LogP contribution in [0.5, 0.6) is 5.75 Å². The molecule has 1 aliphatic heterocycles. The smallest absolute Gasteiger partial charge is 0.122 e. The van der Waals surface area contributed by atoms with Crippen molar-refractivity contribution < 1.29 is 9.15 Å². The second kappa shape index (κ2) is 4.84. The lowest BCUT2D eigenvalue weighted by molar-refractivity contribution is 0.184. The third kappa shape index (κ3) is 2.00. The Balaban J connectivity index is 1.82. The van der Waals surface area contributed by atoms with Gasteiger partial charge in [0.15, 0.2) is 0 Å². The molecule has 2 unspecified atom stereocenters. The number of rotatable bonds is 3. The highest BCUT2D eigenvalue weighted by atomic mass is 16.5. The molecule has 1 aromatic heterocycles. The molecule has 3 rings (SSSR count). The Bertz CT molecular complexity index is 510. The minimum Gasteiger partial charge on any atom is -0.493 e. The molecule has 4 heteroatoms. The Morgan fingerprint density at radius 2 is 2.17 bits per heavy atom. The number of hydrazine groups is 1. The average molecular weight is 244 g/mol. The van der Waals surface area contributed by atoms with E-state index in [4.69, 9.17) is 15.0 Å². The van der Waals surface area contributed by atoms with Crippen LogP contribution in [-0.2, 0) is 6.42 Å². The van der Waals surface area contributed by atoms with Gasteiger partial charge in [-0.1, -0.05) is 18.2 Å². The number of nitrogens with two attached hydrogens (primary N) is 1. The molecule has 2 atom stereocenters. The topological polar surface area (TPSA) is 60.4 Å². The van der Waals surface area contributed by atoms with Crippen LogP contribution >= 0.6 is 0 Å². The zero-order valence-electron chi connectivity index (χ0n) is 10.0. The molecule has 0 saturated heterocycles. The molecule has 0 radical (unpaired) electrons. The first kappa shape index (κ1) is 11.3. The maximum atomic E-state index is 5.79. The molecule has 94 valence electrons. The molecule has 4 nitrogen and oxygen atoms in total. The van der Waals surface area contributed by atoms with Gasteiger partial charge in [-0.3, -0.25) is 11.3 Å². The fourth-order valence-electron chi connectivity index (χ4n) is 2.52. The van der Waals surface area contributed by atoms with Crippen molar-refractivity contribution in [2.24, 2.45) is 11.8 Å². The Morgan fingerprint density at radius 1 is 1.28 bits per heavy atom. The van der Waals surface area contributed by atoms with E-state index in [-0.39, 0.29) is 6.04 Å². The van der Waals surface area contributed by atoms with Crippen molar-refractivity contribution in [1.29, 1.82) is 0 Å². The van der Waals surface area contributed by atoms with Crippen LogP contribution in [0.4, 0.5) is 0 Å². The SMILES string of the molecule is NNC(c1ccoc1)C1COc2ccccc2C1. The van der Waals surface area contributed by atoms with Crippen molar-refractivity contribution in [1.82, 2.24) is 5.43 Å². The van der Waals surface area contributed by atoms with E-state index in [0.717, 1.165) is 17.7 Å². The Morgan fingerprint density at radius 3 is 2.94 bits per heavy atom. The fraction of sp³-hybridized carbons (Fsp3) is 0.286. The first-order valence-corrected chi connectivity index (χ1v) is 6.07. The molecule has 0 amide bonds. The zero-order valence-corrected chi connectivity index (χ0v) is 10.0. The van der Waals surface area contributed by atoms with Gasteiger partial charge in [0.1, 0.15) is 5.75 Å². The maximum absolute atomic E-state index is 5.79. The van der Waals surface area contributed by atoms with E-state index in [1.165, 1.54) is 5.56 Å². The summed E-state index contributed by atoms with van der Waals surface area (Å²) in [5.74, 6) is 6.96. The second-order valence-electron chi connectivity index (χ2n) is 4.58. The number of furan rings is 1. The van der Waals surface area contributed by atoms with Crippen LogP contribution in [0, 0.1) is 5.92 Å². The molecule has 0 fully saturated rings. The van der Waals surface area contributed by atoms with E-state index in [0.29, 0.717) is 12.5 Å². The monoisotopic (exact) mass is 244 g/mol. The van der Waals surface area contributed by atoms with Crippen LogP contribution in [0.2, 0.25) is 0 Å². The van der Waals surface area contributed by atoms with Gasteiger partial charge in [0.2, 0.25) is 0 Å². The van der Waals surface area contributed by atoms with Crippen LogP contribution in [0.15, 0.2) is 47.3 Å². The quantitative estimate of drug-likeness (QED) is 0.640. The van der Waals surface area contributed by atoms with E-state index in [9.17, 15) is 0 Å². The van der Waals surface area contributed by atoms with Gasteiger partial charge in [-0.15, -0.1) is 0 Å². The molecule has 1 aliphatic rings. The number of para-hydroxylation sites is 1. The molecule has 2 heterocycles. The van der Waals surface area contributed by atoms with Gasteiger partial charge in [-0.25, -0.2) is 0 Å². The van der Waals surface area contributed by atoms with Gasteiger partial charge in [0.25, 0.3) is 0 Å². The largest absolute Gasteiger partial charge is 0.493 e. The Kier molecular flexibility index (Phi) is 3.04. The van der Waals surface area contributed by atoms with Gasteiger partial charge < -0.3 is 9.15 Å². The number of fused-ring (bicyclic) bond motifs is 1. The number of hydrogen-bond donors (Lipinski definition) is 2. The number of hydrogen-bond acceptors (Lipinski definition) is 4. The van der Waals surface area contributed by atoms with Gasteiger partial charge in [0.05, 0.1) is 25.2 Å². The van der Waals surface area contributed by atoms with Crippen molar-refractivity contribution in [3.05, 3.63) is 54.0 Å². The third-order valence-electron chi connectivity index (χ3n) is 3.46. The Hall–Kier alpha value is -1.78. The summed E-state index contributed by atoms with van der Waals surface area (Å²) in [6.45, 7) is 0.664. The molecule has 0 spiro atoms. The predicted molar refractivity (Wildman–Crippen MR) is 67.9 cm³/mol. The highest BCUT2D eigenvalue weighted by Crippen LogP contribution is 2.33. The van der Waals surface area contributed by atoms with Gasteiger partial charge in [0, 0.05) is 11.5 Å². The lowest BCUT2D eigenvalue weighted by atomic mass is 9.88. The highest BCUT2D eigenvalue weighted by Gasteiger charge is 2.28. The minimum absolute atomic E-state index is 0.0529. The second-order valence-corrected chi connectivity index (χ2v) is 4.58. The fourth-order valence-corrected chi connectivity index (χ4v) is 2.52. The standard InChI is InChI=1S/C14H16N2O2/c15-16-14(11-5-6-17-8-11)12-7-10-3-1-2-4-13(10)18-9-12/h1-6,8,12,14,16H,7,9,15H2. The van der Waals surface area contributed by atoms with Crippen LogP contribution in [-0.4, -0.2) is 6.61 Å². The maximum Gasteiger partial charge on any atom is 0.122 e. The van der Waals surface area contributed by atoms with Crippen LogP contribution in [0.3, 0.4) is 0 Å². The third-order valence-corrected chi connectivity index (χ3v) is 3.46. The summed E-state index contributed by atoms with van der Waals surface area (Å²) in [6, 6.07) is 10.1. The van der Waals surface area contributed by atoms with Gasteiger partial charge in [-0.2, -0.15) is 0 Å². The number of nitrogens with one attached hydrogen (secondary N) is 1. The molecular weight excluding hydrogens is 228 g/mol. The van der Waals surface area contributed by atoms with Crippen LogP contribution in [0.1, 0.15) is 17.2 Å². The molecular formula is C14H16N2O2. The molecule has 0 bridgehead atoms. The normalized spacial score (nSPS) is 19.9. The van der Waals surface area contributed by atoms with Crippen molar-refractivity contribution >= 4 is 0 Å². The number of ether oxygens (including phenoxy) is 1. The Labute approximate surface area is 106 Å². The molecule has 18 heavy (non-hydrogen) atoms. The van der Waals surface area contributed by atoms with Crippen molar-refractivity contribution in [3.63, 3.8) is 0 Å². The summed E-state index contributed by atoms with van der Waals surface area (Å²) in [6.07, 6.45) is 4.35. The lowest BCUT2D eigenvalue weighted by Crippen LogP contribution is -2.38. The predicted octanol–water partition coefficient (Wildman–Crippen LogP) is 2.04. The van der Waals surface area contributed by atoms with Crippen LogP contribution in [0.25, 0.3) is 0 Å². The molecule has 0 saturated carbocycles. The van der Waals surface area contributed by atoms with E-state index < -0.39 is 0 Å². The molecule has 2 aromatic rings. The molecule has 1 aromatic carbocycles. The minimum atomic E-state index is 0.0529. The van der Waals surface area contributed by atoms with Crippen molar-refractivity contribution in [3.8, 4) is 5.75 Å². The van der Waals surface area contributed by atoms with Crippen molar-refractivity contribution in [2.45, 2.75) is 12.5 Å². The molecule has 0 aliphatic carbocycles. The van der Waals surface area contributed by atoms with Crippen LogP contribution < -0.4 is 16.0 Å². The summed E-state index contributed by atoms with van der Waals surface area (Å²) in [4.78, 5) is 0. The lowest BCUT2D eigenvalue weighted by Gasteiger charge is -2.30. The van der Waals surface area contributed by atoms with Crippen molar-refractivity contribution in [2.75, 3.05) is 6.61 Å². The summed E-state index contributed by atoms with van der Waals surface area (Å²) in [5, 5.41) is 0. The first-order chi connectivity index (χ1) is 8.88.